The molecule has 1 aliphatic carbocycles. The van der Waals surface area contributed by atoms with E-state index in [1.807, 2.05) is 0 Å². The van der Waals surface area contributed by atoms with Crippen molar-refractivity contribution in [3.05, 3.63) is 75.9 Å². The SMILES string of the molecule is CCC[C@H](CC)c1cc2c(c(C)c1CC)N=C(C1CCC(C#CC(C)C)CC1)/C(=C\[C@H](C)Cc1ccccc1)C2. The van der Waals surface area contributed by atoms with Crippen LogP contribution in [-0.4, -0.2) is 5.71 Å². The first-order valence-corrected chi connectivity index (χ1v) is 16.3. The van der Waals surface area contributed by atoms with E-state index in [1.54, 1.807) is 11.1 Å². The Morgan fingerprint density at radius 3 is 2.35 bits per heavy atom. The molecule has 2 atom stereocenters. The van der Waals surface area contributed by atoms with Crippen LogP contribution < -0.4 is 0 Å². The average molecular weight is 536 g/mol. The number of fused-ring (bicyclic) bond motifs is 1. The van der Waals surface area contributed by atoms with Gasteiger partial charge >= 0.3 is 0 Å². The van der Waals surface area contributed by atoms with Crippen molar-refractivity contribution in [2.24, 2.45) is 28.7 Å². The number of aliphatic imine (C=N–C) groups is 1. The van der Waals surface area contributed by atoms with Gasteiger partial charge in [0.2, 0.25) is 0 Å². The van der Waals surface area contributed by atoms with Crippen LogP contribution in [0.4, 0.5) is 5.69 Å². The summed E-state index contributed by atoms with van der Waals surface area (Å²) < 4.78 is 0. The lowest BCUT2D eigenvalue weighted by atomic mass is 9.75. The van der Waals surface area contributed by atoms with Crippen molar-refractivity contribution in [2.45, 2.75) is 119 Å². The van der Waals surface area contributed by atoms with Crippen LogP contribution in [0.5, 0.6) is 0 Å². The Morgan fingerprint density at radius 2 is 1.73 bits per heavy atom. The van der Waals surface area contributed by atoms with Gasteiger partial charge in [-0.2, -0.15) is 0 Å². The molecule has 2 aromatic carbocycles. The fourth-order valence-corrected chi connectivity index (χ4v) is 7.17. The first kappa shape index (κ1) is 30.4. The molecule has 0 unspecified atom stereocenters. The summed E-state index contributed by atoms with van der Waals surface area (Å²) in [5.41, 5.74) is 11.6. The highest BCUT2D eigenvalue weighted by atomic mass is 14.8. The van der Waals surface area contributed by atoms with Gasteiger partial charge in [-0.3, -0.25) is 4.99 Å². The number of hydrogen-bond donors (Lipinski definition) is 0. The molecule has 0 N–H and O–H groups in total. The molecule has 214 valence electrons. The lowest BCUT2D eigenvalue weighted by Crippen LogP contribution is -2.26. The summed E-state index contributed by atoms with van der Waals surface area (Å²) in [6.45, 7) is 16.2. The van der Waals surface area contributed by atoms with Gasteiger partial charge in [-0.15, -0.1) is 5.92 Å². The molecule has 2 aromatic rings. The van der Waals surface area contributed by atoms with Crippen LogP contribution >= 0.6 is 0 Å². The van der Waals surface area contributed by atoms with E-state index in [-0.39, 0.29) is 0 Å². The van der Waals surface area contributed by atoms with E-state index in [0.29, 0.717) is 29.6 Å². The van der Waals surface area contributed by atoms with E-state index in [0.717, 1.165) is 19.3 Å². The van der Waals surface area contributed by atoms with Crippen LogP contribution in [0.25, 0.3) is 0 Å². The number of nitrogens with zero attached hydrogens (tertiary/aromatic N) is 1. The maximum absolute atomic E-state index is 5.60. The van der Waals surface area contributed by atoms with Crippen molar-refractivity contribution in [3.63, 3.8) is 0 Å². The van der Waals surface area contributed by atoms with Gasteiger partial charge in [-0.25, -0.2) is 0 Å². The Bertz CT molecular complexity index is 1240. The van der Waals surface area contributed by atoms with Gasteiger partial charge in [-0.05, 0) is 104 Å². The third kappa shape index (κ3) is 7.37. The Kier molecular flexibility index (Phi) is 10.9. The van der Waals surface area contributed by atoms with Gasteiger partial charge in [0.05, 0.1) is 5.69 Å². The normalized spacial score (nSPS) is 21.4. The van der Waals surface area contributed by atoms with Crippen molar-refractivity contribution in [2.75, 3.05) is 0 Å². The maximum Gasteiger partial charge on any atom is 0.0700 e. The fourth-order valence-electron chi connectivity index (χ4n) is 7.17. The van der Waals surface area contributed by atoms with Crippen LogP contribution in [0, 0.1) is 42.4 Å². The molecule has 40 heavy (non-hydrogen) atoms. The molecule has 0 amide bonds. The van der Waals surface area contributed by atoms with Crippen LogP contribution in [0.15, 0.2) is 53.0 Å². The Labute approximate surface area is 246 Å². The maximum atomic E-state index is 5.60. The Morgan fingerprint density at radius 1 is 1.00 bits per heavy atom. The minimum Gasteiger partial charge on any atom is -0.252 e. The van der Waals surface area contributed by atoms with Crippen LogP contribution in [-0.2, 0) is 19.3 Å². The summed E-state index contributed by atoms with van der Waals surface area (Å²) in [4.78, 5) is 5.60. The van der Waals surface area contributed by atoms with Gasteiger partial charge in [-0.1, -0.05) is 96.4 Å². The van der Waals surface area contributed by atoms with Gasteiger partial charge in [0, 0.05) is 29.9 Å². The molecule has 2 aliphatic rings. The summed E-state index contributed by atoms with van der Waals surface area (Å²) in [6.07, 6.45) is 14.3. The van der Waals surface area contributed by atoms with Gasteiger partial charge in [0.15, 0.2) is 0 Å². The zero-order valence-electron chi connectivity index (χ0n) is 26.4. The van der Waals surface area contributed by atoms with Crippen LogP contribution in [0.3, 0.4) is 0 Å². The molecule has 4 rings (SSSR count). The third-order valence-corrected chi connectivity index (χ3v) is 9.23. The average Bonchev–Trinajstić information content (AvgIpc) is 2.95. The molecule has 1 nitrogen and oxygen atoms in total. The lowest BCUT2D eigenvalue weighted by Gasteiger charge is -2.32. The number of rotatable bonds is 9. The lowest BCUT2D eigenvalue weighted by molar-refractivity contribution is 0.379. The highest BCUT2D eigenvalue weighted by molar-refractivity contribution is 6.05. The van der Waals surface area contributed by atoms with E-state index in [1.165, 1.54) is 78.6 Å². The smallest absolute Gasteiger partial charge is 0.0700 e. The topological polar surface area (TPSA) is 12.4 Å². The van der Waals surface area contributed by atoms with Crippen molar-refractivity contribution in [1.29, 1.82) is 0 Å². The van der Waals surface area contributed by atoms with Crippen LogP contribution in [0.1, 0.15) is 120 Å². The minimum atomic E-state index is 0.461. The molecular formula is C39H53N. The fraction of sp³-hybridized carbons (Fsp3) is 0.564. The molecule has 0 radical (unpaired) electrons. The summed E-state index contributed by atoms with van der Waals surface area (Å²) >= 11 is 0. The second kappa shape index (κ2) is 14.3. The molecule has 1 fully saturated rings. The molecule has 1 saturated carbocycles. The first-order valence-electron chi connectivity index (χ1n) is 16.3. The van der Waals surface area contributed by atoms with E-state index in [9.17, 15) is 0 Å². The second-order valence-corrected chi connectivity index (χ2v) is 12.8. The van der Waals surface area contributed by atoms with Gasteiger partial charge < -0.3 is 0 Å². The molecule has 0 spiro atoms. The quantitative estimate of drug-likeness (QED) is 0.283. The number of allylic oxidation sites excluding steroid dienone is 2. The highest BCUT2D eigenvalue weighted by Crippen LogP contribution is 2.43. The number of benzene rings is 2. The highest BCUT2D eigenvalue weighted by Gasteiger charge is 2.31. The summed E-state index contributed by atoms with van der Waals surface area (Å²) in [5, 5.41) is 0. The van der Waals surface area contributed by atoms with Crippen molar-refractivity contribution >= 4 is 11.4 Å². The predicted octanol–water partition coefficient (Wildman–Crippen LogP) is 10.8. The van der Waals surface area contributed by atoms with E-state index in [4.69, 9.17) is 4.99 Å². The minimum absolute atomic E-state index is 0.461. The zero-order valence-corrected chi connectivity index (χ0v) is 26.4. The Balaban J connectivity index is 1.72. The molecular weight excluding hydrogens is 482 g/mol. The largest absolute Gasteiger partial charge is 0.252 e. The second-order valence-electron chi connectivity index (χ2n) is 12.8. The molecule has 1 heterocycles. The molecule has 0 bridgehead atoms. The molecule has 1 aliphatic heterocycles. The van der Waals surface area contributed by atoms with Gasteiger partial charge in [0.1, 0.15) is 0 Å². The summed E-state index contributed by atoms with van der Waals surface area (Å²) in [6, 6.07) is 13.5. The van der Waals surface area contributed by atoms with E-state index < -0.39 is 0 Å². The Hall–Kier alpha value is -2.59. The molecule has 0 aromatic heterocycles. The third-order valence-electron chi connectivity index (χ3n) is 9.23. The number of hydrogen-bond acceptors (Lipinski definition) is 1. The van der Waals surface area contributed by atoms with Crippen molar-refractivity contribution in [3.8, 4) is 11.8 Å². The van der Waals surface area contributed by atoms with Crippen LogP contribution in [0.2, 0.25) is 0 Å². The monoisotopic (exact) mass is 535 g/mol. The molecule has 1 heteroatoms. The summed E-state index contributed by atoms with van der Waals surface area (Å²) in [5.74, 6) is 9.72. The standard InChI is InChI=1S/C39H53N/c1-8-14-32(9-2)37-26-35-25-34(24-28(6)23-31-15-12-11-13-16-31)39(40-38(35)29(7)36(37)10-3)33-21-19-30(20-22-33)18-17-27(4)5/h11-13,15-16,24,26-28,30,32-33H,8-10,14,19-23,25H2,1-7H3/b34-24-/t28-,30?,32+,33?/m1/s1. The van der Waals surface area contributed by atoms with Crippen molar-refractivity contribution < 1.29 is 0 Å². The first-order chi connectivity index (χ1) is 19.3. The van der Waals surface area contributed by atoms with Gasteiger partial charge in [0.25, 0.3) is 0 Å². The zero-order chi connectivity index (χ0) is 28.6. The van der Waals surface area contributed by atoms with E-state index >= 15 is 0 Å². The van der Waals surface area contributed by atoms with E-state index in [2.05, 4.69) is 103 Å². The predicted molar refractivity (Wildman–Crippen MR) is 175 cm³/mol. The molecule has 0 saturated heterocycles. The van der Waals surface area contributed by atoms with Crippen molar-refractivity contribution in [1.82, 2.24) is 0 Å². The summed E-state index contributed by atoms with van der Waals surface area (Å²) in [7, 11) is 0.